The van der Waals surface area contributed by atoms with E-state index in [4.69, 9.17) is 10.5 Å². The van der Waals surface area contributed by atoms with Crippen LogP contribution in [0.5, 0.6) is 0 Å². The number of unbranched alkanes of at least 4 members (excludes halogenated alkanes) is 2. The van der Waals surface area contributed by atoms with E-state index in [9.17, 15) is 29.1 Å². The molecule has 1 fully saturated rings. The van der Waals surface area contributed by atoms with Gasteiger partial charge in [-0.05, 0) is 63.6 Å². The number of hydrogen-bond donors (Lipinski definition) is 4. The van der Waals surface area contributed by atoms with E-state index in [-0.39, 0.29) is 41.8 Å². The zero-order valence-corrected chi connectivity index (χ0v) is 31.3. The second kappa shape index (κ2) is 22.1. The van der Waals surface area contributed by atoms with Gasteiger partial charge in [0.25, 0.3) is 5.91 Å². The number of nitrogens with two attached hydrogens (primary N) is 1. The number of benzene rings is 1. The largest absolute Gasteiger partial charge is 0.481 e. The highest BCUT2D eigenvalue weighted by atomic mass is 32.1. The van der Waals surface area contributed by atoms with E-state index in [1.54, 1.807) is 17.2 Å². The van der Waals surface area contributed by atoms with Gasteiger partial charge in [-0.25, -0.2) is 4.98 Å². The number of aromatic nitrogens is 1. The Hall–Kier alpha value is -3.84. The van der Waals surface area contributed by atoms with Gasteiger partial charge in [-0.1, -0.05) is 63.9 Å². The van der Waals surface area contributed by atoms with Crippen LogP contribution in [0.3, 0.4) is 0 Å². The van der Waals surface area contributed by atoms with Crippen molar-refractivity contribution in [1.29, 1.82) is 0 Å². The molecule has 5 N–H and O–H groups in total. The Bertz CT molecular complexity index is 1360. The van der Waals surface area contributed by atoms with Crippen LogP contribution >= 0.6 is 11.3 Å². The lowest BCUT2D eigenvalue weighted by Gasteiger charge is -2.37. The van der Waals surface area contributed by atoms with Crippen molar-refractivity contribution in [3.8, 4) is 0 Å². The lowest BCUT2D eigenvalue weighted by Crippen LogP contribution is -2.45. The van der Waals surface area contributed by atoms with Crippen LogP contribution in [0.1, 0.15) is 113 Å². The third-order valence-corrected chi connectivity index (χ3v) is 9.87. The normalized spacial score (nSPS) is 15.0. The minimum absolute atomic E-state index is 0.0567. The van der Waals surface area contributed by atoms with Gasteiger partial charge in [0.1, 0.15) is 10.7 Å². The second-order valence-corrected chi connectivity index (χ2v) is 14.4. The molecule has 12 nitrogen and oxygen atoms in total. The fourth-order valence-corrected chi connectivity index (χ4v) is 6.64. The molecule has 13 heteroatoms. The maximum Gasteiger partial charge on any atom is 0.306 e. The van der Waals surface area contributed by atoms with Crippen LogP contribution in [0.4, 0.5) is 0 Å². The van der Waals surface area contributed by atoms with Gasteiger partial charge in [0, 0.05) is 50.2 Å². The fraction of sp³-hybridized carbons (Fsp3) is 0.622. The number of nitrogens with zero attached hydrogens (tertiary/aromatic N) is 2. The number of thiazole rings is 1. The number of carbonyl (C=O) groups is 5. The smallest absolute Gasteiger partial charge is 0.306 e. The summed E-state index contributed by atoms with van der Waals surface area (Å²) in [7, 11) is 3.73. The summed E-state index contributed by atoms with van der Waals surface area (Å²) in [6.45, 7) is 8.05. The lowest BCUT2D eigenvalue weighted by molar-refractivity contribution is -0.149. The summed E-state index contributed by atoms with van der Waals surface area (Å²) in [4.78, 5) is 66.3. The fourth-order valence-electron chi connectivity index (χ4n) is 5.80. The molecule has 50 heavy (non-hydrogen) atoms. The number of amides is 3. The molecule has 1 aromatic heterocycles. The number of carboxylic acids is 1. The van der Waals surface area contributed by atoms with Crippen LogP contribution in [0.25, 0.3) is 0 Å². The van der Waals surface area contributed by atoms with Gasteiger partial charge < -0.3 is 31.1 Å². The molecule has 2 aromatic rings. The van der Waals surface area contributed by atoms with E-state index in [1.165, 1.54) is 18.3 Å². The molecule has 0 radical (unpaired) electrons. The van der Waals surface area contributed by atoms with Gasteiger partial charge in [-0.3, -0.25) is 24.0 Å². The summed E-state index contributed by atoms with van der Waals surface area (Å²) in [5.41, 5.74) is 6.12. The number of primary amides is 1. The molecule has 4 unspecified atom stereocenters. The molecular formula is C37H57N5O7S. The molecule has 1 saturated carbocycles. The number of nitrogens with one attached hydrogen (secondary N) is 2. The van der Waals surface area contributed by atoms with Crippen LogP contribution in [0.2, 0.25) is 0 Å². The van der Waals surface area contributed by atoms with E-state index in [0.29, 0.717) is 24.3 Å². The van der Waals surface area contributed by atoms with Crippen molar-refractivity contribution < 1.29 is 33.8 Å². The molecule has 0 spiro atoms. The Morgan fingerprint density at radius 1 is 1.06 bits per heavy atom. The van der Waals surface area contributed by atoms with Crippen molar-refractivity contribution in [2.75, 3.05) is 20.6 Å². The molecule has 1 heterocycles. The van der Waals surface area contributed by atoms with E-state index >= 15 is 0 Å². The number of aliphatic carboxylic acids is 1. The topological polar surface area (TPSA) is 181 Å². The predicted molar refractivity (Wildman–Crippen MR) is 194 cm³/mol. The Labute approximate surface area is 300 Å². The molecule has 278 valence electrons. The molecule has 1 aromatic carbocycles. The molecule has 0 aliphatic heterocycles. The number of ether oxygens (including phenoxy) is 1. The molecule has 1 aliphatic rings. The first-order valence-electron chi connectivity index (χ1n) is 17.6. The Morgan fingerprint density at radius 3 is 2.28 bits per heavy atom. The molecule has 4 atom stereocenters. The Morgan fingerprint density at radius 2 is 1.74 bits per heavy atom. The number of rotatable bonds is 20. The van der Waals surface area contributed by atoms with Crippen LogP contribution < -0.4 is 16.4 Å². The SMILES string of the molecule is CC(=O)OC(CC(C(C)C)N(C)C(=O)C1CCC1)c1nc(C(=O)NC(Cc2ccccc2)CC(C)C(=O)O)cs1.CNCCCCCC(N)=O. The van der Waals surface area contributed by atoms with E-state index < -0.39 is 35.9 Å². The zero-order chi connectivity index (χ0) is 37.2. The molecule has 0 saturated heterocycles. The standard InChI is InChI=1S/C30H41N3O6S.C7H16N2O/c1-18(2)25(33(5)29(36)22-12-9-13-22)16-26(39-20(4)34)28-32-24(17-40-28)27(35)31-23(14-19(3)30(37)38)15-21-10-7-6-8-11-21;1-9-6-4-2-3-5-7(8)10/h6-8,10-11,17-19,22-23,25-26H,9,12-16H2,1-5H3,(H,31,35)(H,37,38);9H,2-6H2,1H3,(H2,8,10). The van der Waals surface area contributed by atoms with Crippen LogP contribution in [-0.2, 0) is 30.3 Å². The number of carbonyl (C=O) groups excluding carboxylic acids is 4. The maximum absolute atomic E-state index is 13.2. The van der Waals surface area contributed by atoms with Gasteiger partial charge in [0.2, 0.25) is 11.8 Å². The molecule has 0 bridgehead atoms. The lowest BCUT2D eigenvalue weighted by atomic mass is 9.83. The highest BCUT2D eigenvalue weighted by molar-refractivity contribution is 7.09. The van der Waals surface area contributed by atoms with Crippen LogP contribution in [0.15, 0.2) is 35.7 Å². The average Bonchev–Trinajstić information content (AvgIpc) is 3.53. The summed E-state index contributed by atoms with van der Waals surface area (Å²) in [6, 6.07) is 8.99. The maximum atomic E-state index is 13.2. The summed E-state index contributed by atoms with van der Waals surface area (Å²) in [5, 5.41) is 17.5. The van der Waals surface area contributed by atoms with Crippen molar-refractivity contribution in [2.45, 2.75) is 110 Å². The van der Waals surface area contributed by atoms with E-state index in [1.807, 2.05) is 58.3 Å². The molecule has 3 amide bonds. The third kappa shape index (κ3) is 15.0. The van der Waals surface area contributed by atoms with Crippen LogP contribution in [-0.4, -0.2) is 77.4 Å². The van der Waals surface area contributed by atoms with Gasteiger partial charge in [0.05, 0.1) is 5.92 Å². The van der Waals surface area contributed by atoms with Crippen molar-refractivity contribution in [2.24, 2.45) is 23.5 Å². The Kier molecular flexibility index (Phi) is 18.7. The monoisotopic (exact) mass is 715 g/mol. The zero-order valence-electron chi connectivity index (χ0n) is 30.5. The first kappa shape index (κ1) is 42.3. The van der Waals surface area contributed by atoms with Crippen molar-refractivity contribution in [3.05, 3.63) is 52.0 Å². The Balaban J connectivity index is 0.000000752. The summed E-state index contributed by atoms with van der Waals surface area (Å²) < 4.78 is 5.65. The summed E-state index contributed by atoms with van der Waals surface area (Å²) in [6.07, 6.45) is 6.96. The highest BCUT2D eigenvalue weighted by Crippen LogP contribution is 2.33. The van der Waals surface area contributed by atoms with Gasteiger partial charge in [-0.2, -0.15) is 0 Å². The van der Waals surface area contributed by atoms with Gasteiger partial charge in [-0.15, -0.1) is 11.3 Å². The average molecular weight is 716 g/mol. The predicted octanol–water partition coefficient (Wildman–Crippen LogP) is 5.12. The van der Waals surface area contributed by atoms with Crippen LogP contribution in [0, 0.1) is 17.8 Å². The van der Waals surface area contributed by atoms with Gasteiger partial charge in [0.15, 0.2) is 6.10 Å². The van der Waals surface area contributed by atoms with Crippen molar-refractivity contribution >= 4 is 41.0 Å². The number of esters is 1. The second-order valence-electron chi connectivity index (χ2n) is 13.5. The highest BCUT2D eigenvalue weighted by Gasteiger charge is 2.35. The summed E-state index contributed by atoms with van der Waals surface area (Å²) >= 11 is 1.23. The van der Waals surface area contributed by atoms with E-state index in [0.717, 1.165) is 50.6 Å². The minimum Gasteiger partial charge on any atom is -0.481 e. The van der Waals surface area contributed by atoms with Gasteiger partial charge >= 0.3 is 11.9 Å². The molecule has 3 rings (SSSR count). The minimum atomic E-state index is -0.923. The number of carboxylic acid groups (broad SMARTS) is 1. The first-order valence-corrected chi connectivity index (χ1v) is 18.5. The van der Waals surface area contributed by atoms with Crippen molar-refractivity contribution in [1.82, 2.24) is 20.5 Å². The van der Waals surface area contributed by atoms with Crippen molar-refractivity contribution in [3.63, 3.8) is 0 Å². The molecular weight excluding hydrogens is 659 g/mol. The third-order valence-electron chi connectivity index (χ3n) is 8.93. The number of hydrogen-bond acceptors (Lipinski definition) is 9. The first-order chi connectivity index (χ1) is 23.7. The molecule has 1 aliphatic carbocycles. The summed E-state index contributed by atoms with van der Waals surface area (Å²) in [5.74, 6) is -2.34. The van der Waals surface area contributed by atoms with E-state index in [2.05, 4.69) is 15.6 Å². The quantitative estimate of drug-likeness (QED) is 0.107.